The van der Waals surface area contributed by atoms with Gasteiger partial charge in [-0.2, -0.15) is 0 Å². The third-order valence-corrected chi connectivity index (χ3v) is 3.70. The van der Waals surface area contributed by atoms with E-state index in [4.69, 9.17) is 4.98 Å². The van der Waals surface area contributed by atoms with Gasteiger partial charge in [0.15, 0.2) is 0 Å². The third kappa shape index (κ3) is 3.98. The van der Waals surface area contributed by atoms with Crippen LogP contribution in [0.1, 0.15) is 46.2 Å². The van der Waals surface area contributed by atoms with E-state index >= 15 is 0 Å². The second kappa shape index (κ2) is 8.47. The molecule has 2 aliphatic rings. The van der Waals surface area contributed by atoms with Crippen molar-refractivity contribution in [1.82, 2.24) is 15.3 Å². The highest BCUT2D eigenvalue weighted by molar-refractivity contribution is 5.81. The summed E-state index contributed by atoms with van der Waals surface area (Å²) in [5.41, 5.74) is 5.58. The van der Waals surface area contributed by atoms with E-state index < -0.39 is 0 Å². The van der Waals surface area contributed by atoms with E-state index in [1.165, 1.54) is 24.1 Å². The second-order valence-electron chi connectivity index (χ2n) is 5.12. The standard InChI is InChI=1S/C16H15N3.2C2H6/c1-3-12(16(18-10-1)11-5-6-11)13-7-8-14-15(19-13)4-2-9-17-14;2*1-2/h1-4,7-9,11,18H,5-6,10H2;2*1-2H3. The highest BCUT2D eigenvalue weighted by Crippen LogP contribution is 2.39. The largest absolute Gasteiger partial charge is 0.384 e. The van der Waals surface area contributed by atoms with Crippen LogP contribution in [0, 0.1) is 5.92 Å². The number of nitrogens with zero attached hydrogens (tertiary/aromatic N) is 2. The van der Waals surface area contributed by atoms with Crippen LogP contribution >= 0.6 is 0 Å². The molecule has 2 aromatic rings. The molecule has 0 aromatic carbocycles. The Kier molecular flexibility index (Phi) is 6.33. The van der Waals surface area contributed by atoms with Crippen LogP contribution in [0.2, 0.25) is 0 Å². The Morgan fingerprint density at radius 1 is 1.00 bits per heavy atom. The molecule has 0 saturated heterocycles. The summed E-state index contributed by atoms with van der Waals surface area (Å²) in [4.78, 5) is 9.07. The van der Waals surface area contributed by atoms with Crippen LogP contribution in [0.25, 0.3) is 16.6 Å². The van der Waals surface area contributed by atoms with Crippen LogP contribution in [0.3, 0.4) is 0 Å². The van der Waals surface area contributed by atoms with Gasteiger partial charge in [-0.15, -0.1) is 0 Å². The van der Waals surface area contributed by atoms with Crippen LogP contribution in [-0.2, 0) is 0 Å². The van der Waals surface area contributed by atoms with Gasteiger partial charge in [0.25, 0.3) is 0 Å². The van der Waals surface area contributed by atoms with Crippen LogP contribution in [0.15, 0.2) is 48.3 Å². The molecule has 0 bridgehead atoms. The minimum absolute atomic E-state index is 0.714. The fourth-order valence-electron chi connectivity index (χ4n) is 2.60. The number of hydrogen-bond acceptors (Lipinski definition) is 3. The number of allylic oxidation sites excluding steroid dienone is 3. The summed E-state index contributed by atoms with van der Waals surface area (Å²) in [6.07, 6.45) is 8.77. The maximum Gasteiger partial charge on any atom is 0.0894 e. The van der Waals surface area contributed by atoms with E-state index in [0.29, 0.717) is 5.92 Å². The number of dihydropyridines is 1. The van der Waals surface area contributed by atoms with Crippen LogP contribution < -0.4 is 5.32 Å². The first-order valence-electron chi connectivity index (χ1n) is 8.78. The Balaban J connectivity index is 0.000000448. The second-order valence-corrected chi connectivity index (χ2v) is 5.12. The van der Waals surface area contributed by atoms with Gasteiger partial charge in [0.05, 0.1) is 16.7 Å². The molecule has 1 fully saturated rings. The molecule has 0 amide bonds. The molecule has 0 radical (unpaired) electrons. The summed E-state index contributed by atoms with van der Waals surface area (Å²) in [7, 11) is 0. The summed E-state index contributed by atoms with van der Waals surface area (Å²) >= 11 is 0. The van der Waals surface area contributed by atoms with Crippen molar-refractivity contribution in [3.63, 3.8) is 0 Å². The highest BCUT2D eigenvalue weighted by Gasteiger charge is 2.29. The molecule has 1 aliphatic carbocycles. The molecule has 1 N–H and O–H groups in total. The monoisotopic (exact) mass is 309 g/mol. The number of rotatable bonds is 2. The third-order valence-electron chi connectivity index (χ3n) is 3.70. The van der Waals surface area contributed by atoms with Crippen LogP contribution in [-0.4, -0.2) is 16.5 Å². The maximum atomic E-state index is 4.75. The van der Waals surface area contributed by atoms with E-state index in [-0.39, 0.29) is 0 Å². The lowest BCUT2D eigenvalue weighted by Gasteiger charge is -2.17. The fraction of sp³-hybridized carbons (Fsp3) is 0.400. The van der Waals surface area contributed by atoms with Crippen molar-refractivity contribution in [1.29, 1.82) is 0 Å². The van der Waals surface area contributed by atoms with Gasteiger partial charge in [-0.1, -0.05) is 39.8 Å². The van der Waals surface area contributed by atoms with Gasteiger partial charge in [0.2, 0.25) is 0 Å². The summed E-state index contributed by atoms with van der Waals surface area (Å²) in [5, 5.41) is 3.51. The first kappa shape index (κ1) is 17.2. The summed E-state index contributed by atoms with van der Waals surface area (Å²) in [6.45, 7) is 8.93. The van der Waals surface area contributed by atoms with Crippen molar-refractivity contribution >= 4 is 16.6 Å². The van der Waals surface area contributed by atoms with Crippen LogP contribution in [0.5, 0.6) is 0 Å². The average molecular weight is 309 g/mol. The molecule has 2 aromatic heterocycles. The van der Waals surface area contributed by atoms with Crippen molar-refractivity contribution in [3.8, 4) is 0 Å². The average Bonchev–Trinajstić information content (AvgIpc) is 3.50. The summed E-state index contributed by atoms with van der Waals surface area (Å²) in [6, 6.07) is 8.08. The topological polar surface area (TPSA) is 37.8 Å². The molecule has 3 nitrogen and oxygen atoms in total. The van der Waals surface area contributed by atoms with Gasteiger partial charge in [0.1, 0.15) is 0 Å². The highest BCUT2D eigenvalue weighted by atomic mass is 14.9. The number of nitrogens with one attached hydrogen (secondary N) is 1. The molecular formula is C20H27N3. The van der Waals surface area contributed by atoms with Crippen molar-refractivity contribution < 1.29 is 0 Å². The Labute approximate surface area is 139 Å². The van der Waals surface area contributed by atoms with E-state index in [1.54, 1.807) is 6.20 Å². The van der Waals surface area contributed by atoms with Gasteiger partial charge in [-0.25, -0.2) is 4.98 Å². The smallest absolute Gasteiger partial charge is 0.0894 e. The SMILES string of the molecule is C1=CC(c2ccc3ncccc3n2)=C(C2CC2)NC1.CC.CC. The van der Waals surface area contributed by atoms with E-state index in [1.807, 2.05) is 39.8 Å². The molecule has 1 aliphatic heterocycles. The molecule has 122 valence electrons. The number of hydrogen-bond donors (Lipinski definition) is 1. The van der Waals surface area contributed by atoms with E-state index in [9.17, 15) is 0 Å². The minimum Gasteiger partial charge on any atom is -0.384 e. The molecule has 0 unspecified atom stereocenters. The van der Waals surface area contributed by atoms with Crippen molar-refractivity contribution in [2.75, 3.05) is 6.54 Å². The van der Waals surface area contributed by atoms with Gasteiger partial charge >= 0.3 is 0 Å². The quantitative estimate of drug-likeness (QED) is 0.851. The zero-order valence-electron chi connectivity index (χ0n) is 14.6. The van der Waals surface area contributed by atoms with Gasteiger partial charge in [-0.3, -0.25) is 4.98 Å². The molecule has 1 saturated carbocycles. The fourth-order valence-corrected chi connectivity index (χ4v) is 2.60. The lowest BCUT2D eigenvalue weighted by Crippen LogP contribution is -2.19. The minimum atomic E-state index is 0.714. The van der Waals surface area contributed by atoms with Crippen molar-refractivity contribution in [2.24, 2.45) is 5.92 Å². The maximum absolute atomic E-state index is 4.75. The Hall–Kier alpha value is -2.16. The van der Waals surface area contributed by atoms with Crippen molar-refractivity contribution in [2.45, 2.75) is 40.5 Å². The van der Waals surface area contributed by atoms with E-state index in [2.05, 4.69) is 34.6 Å². The van der Waals surface area contributed by atoms with E-state index in [0.717, 1.165) is 23.3 Å². The first-order valence-corrected chi connectivity index (χ1v) is 8.78. The van der Waals surface area contributed by atoms with Gasteiger partial charge in [-0.05, 0) is 43.0 Å². The van der Waals surface area contributed by atoms with Gasteiger partial charge in [0, 0.05) is 24.0 Å². The number of fused-ring (bicyclic) bond motifs is 1. The Morgan fingerprint density at radius 3 is 2.52 bits per heavy atom. The Bertz CT molecular complexity index is 697. The molecule has 3 heteroatoms. The zero-order valence-corrected chi connectivity index (χ0v) is 14.6. The summed E-state index contributed by atoms with van der Waals surface area (Å²) < 4.78 is 0. The molecular weight excluding hydrogens is 282 g/mol. The predicted octanol–water partition coefficient (Wildman–Crippen LogP) is 4.96. The molecule has 0 spiro atoms. The molecule has 0 atom stereocenters. The number of aromatic nitrogens is 2. The first-order chi connectivity index (χ1) is 11.4. The summed E-state index contributed by atoms with van der Waals surface area (Å²) in [5.74, 6) is 0.714. The van der Waals surface area contributed by atoms with Crippen LogP contribution in [0.4, 0.5) is 0 Å². The predicted molar refractivity (Wildman–Crippen MR) is 99.0 cm³/mol. The molecule has 4 rings (SSSR count). The molecule has 23 heavy (non-hydrogen) atoms. The lowest BCUT2D eigenvalue weighted by atomic mass is 10.0. The van der Waals surface area contributed by atoms with Gasteiger partial charge < -0.3 is 5.32 Å². The number of pyridine rings is 2. The molecule has 3 heterocycles. The Morgan fingerprint density at radius 2 is 1.78 bits per heavy atom. The normalized spacial score (nSPS) is 16.0. The zero-order chi connectivity index (χ0) is 16.7. The van der Waals surface area contributed by atoms with Crippen molar-refractivity contribution in [3.05, 3.63) is 54.0 Å². The lowest BCUT2D eigenvalue weighted by molar-refractivity contribution is 0.797.